The topological polar surface area (TPSA) is 51.4 Å². The second-order valence-electron chi connectivity index (χ2n) is 5.28. The van der Waals surface area contributed by atoms with Crippen LogP contribution in [-0.4, -0.2) is 35.2 Å². The van der Waals surface area contributed by atoms with Crippen molar-refractivity contribution in [2.75, 3.05) is 18.9 Å². The van der Waals surface area contributed by atoms with E-state index in [1.165, 1.54) is 25.7 Å². The first-order valence-corrected chi connectivity index (χ1v) is 6.89. The summed E-state index contributed by atoms with van der Waals surface area (Å²) in [5.41, 5.74) is 7.08. The maximum Gasteiger partial charge on any atom is 0.127 e. The first kappa shape index (κ1) is 11.9. The van der Waals surface area contributed by atoms with Crippen LogP contribution >= 0.6 is 0 Å². The molecule has 2 atom stereocenters. The monoisotopic (exact) mass is 247 g/mol. The Labute approximate surface area is 108 Å². The molecule has 2 aliphatic rings. The lowest BCUT2D eigenvalue weighted by Crippen LogP contribution is -2.52. The lowest BCUT2D eigenvalue weighted by atomic mass is 9.90. The van der Waals surface area contributed by atoms with E-state index in [0.717, 1.165) is 25.3 Å². The van der Waals surface area contributed by atoms with Gasteiger partial charge in [-0.3, -0.25) is 4.90 Å². The van der Waals surface area contributed by atoms with Crippen molar-refractivity contribution in [1.82, 2.24) is 9.88 Å². The summed E-state index contributed by atoms with van der Waals surface area (Å²) in [5.74, 6) is 0.663. The maximum absolute atomic E-state index is 5.94. The number of hydrogen-bond donors (Lipinski definition) is 1. The highest BCUT2D eigenvalue weighted by Gasteiger charge is 2.34. The van der Waals surface area contributed by atoms with E-state index < -0.39 is 0 Å². The summed E-state index contributed by atoms with van der Waals surface area (Å²) in [6, 6.07) is 4.62. The molecule has 0 radical (unpaired) electrons. The molecule has 98 valence electrons. The van der Waals surface area contributed by atoms with Crippen molar-refractivity contribution >= 4 is 5.82 Å². The van der Waals surface area contributed by atoms with Gasteiger partial charge >= 0.3 is 0 Å². The molecule has 1 aliphatic carbocycles. The number of aromatic nitrogens is 1. The molecular weight excluding hydrogens is 226 g/mol. The fourth-order valence-electron chi connectivity index (χ4n) is 3.18. The lowest BCUT2D eigenvalue weighted by Gasteiger charge is -2.43. The standard InChI is InChI=1S/C14H21N3O/c15-14-11(4-3-7-16-14)10-17-8-9-18-13-6-2-1-5-12(13)17/h3-4,7,12-13H,1-2,5-6,8-10H2,(H2,15,16). The van der Waals surface area contributed by atoms with Crippen LogP contribution in [0, 0.1) is 0 Å². The SMILES string of the molecule is Nc1ncccc1CN1CCOC2CCCCC21. The number of nitrogen functional groups attached to an aromatic ring is 1. The normalized spacial score (nSPS) is 28.9. The third-order valence-corrected chi connectivity index (χ3v) is 4.15. The zero-order valence-corrected chi connectivity index (χ0v) is 10.7. The minimum absolute atomic E-state index is 0.436. The zero-order valence-electron chi connectivity index (χ0n) is 10.7. The number of pyridine rings is 1. The second-order valence-corrected chi connectivity index (χ2v) is 5.28. The van der Waals surface area contributed by atoms with E-state index in [1.54, 1.807) is 6.20 Å². The number of rotatable bonds is 2. The summed E-state index contributed by atoms with van der Waals surface area (Å²) in [6.07, 6.45) is 7.29. The summed E-state index contributed by atoms with van der Waals surface area (Å²) in [6.45, 7) is 2.76. The van der Waals surface area contributed by atoms with Crippen molar-refractivity contribution in [3.63, 3.8) is 0 Å². The average molecular weight is 247 g/mol. The third-order valence-electron chi connectivity index (χ3n) is 4.15. The maximum atomic E-state index is 5.94. The van der Waals surface area contributed by atoms with Crippen LogP contribution in [0.3, 0.4) is 0 Å². The molecule has 2 unspecified atom stereocenters. The molecule has 2 N–H and O–H groups in total. The highest BCUT2D eigenvalue weighted by Crippen LogP contribution is 2.29. The van der Waals surface area contributed by atoms with Crippen molar-refractivity contribution in [3.05, 3.63) is 23.9 Å². The highest BCUT2D eigenvalue weighted by molar-refractivity contribution is 5.38. The van der Waals surface area contributed by atoms with Gasteiger partial charge in [0.2, 0.25) is 0 Å². The Morgan fingerprint density at radius 1 is 1.39 bits per heavy atom. The molecule has 0 spiro atoms. The van der Waals surface area contributed by atoms with Crippen LogP contribution in [0.2, 0.25) is 0 Å². The Morgan fingerprint density at radius 2 is 2.28 bits per heavy atom. The van der Waals surface area contributed by atoms with Crippen LogP contribution in [0.4, 0.5) is 5.82 Å². The average Bonchev–Trinajstić information content (AvgIpc) is 2.42. The number of fused-ring (bicyclic) bond motifs is 1. The predicted octanol–water partition coefficient (Wildman–Crippen LogP) is 1.81. The van der Waals surface area contributed by atoms with Crippen LogP contribution in [-0.2, 0) is 11.3 Å². The fourth-order valence-corrected chi connectivity index (χ4v) is 3.18. The molecule has 2 fully saturated rings. The van der Waals surface area contributed by atoms with Crippen LogP contribution in [0.25, 0.3) is 0 Å². The van der Waals surface area contributed by atoms with Crippen molar-refractivity contribution in [2.24, 2.45) is 0 Å². The van der Waals surface area contributed by atoms with E-state index in [9.17, 15) is 0 Å². The van der Waals surface area contributed by atoms with E-state index in [2.05, 4.69) is 16.0 Å². The predicted molar refractivity (Wildman–Crippen MR) is 71.1 cm³/mol. The molecule has 3 rings (SSSR count). The number of nitrogens with two attached hydrogens (primary N) is 1. The minimum Gasteiger partial charge on any atom is -0.383 e. The quantitative estimate of drug-likeness (QED) is 0.866. The van der Waals surface area contributed by atoms with Crippen LogP contribution in [0.1, 0.15) is 31.2 Å². The van der Waals surface area contributed by atoms with Gasteiger partial charge in [0.15, 0.2) is 0 Å². The Bertz CT molecular complexity index is 408. The zero-order chi connectivity index (χ0) is 12.4. The van der Waals surface area contributed by atoms with Gasteiger partial charge in [0, 0.05) is 30.9 Å². The lowest BCUT2D eigenvalue weighted by molar-refractivity contribution is -0.0910. The van der Waals surface area contributed by atoms with Gasteiger partial charge in [0.1, 0.15) is 5.82 Å². The van der Waals surface area contributed by atoms with E-state index in [1.807, 2.05) is 6.07 Å². The fraction of sp³-hybridized carbons (Fsp3) is 0.643. The van der Waals surface area contributed by atoms with Gasteiger partial charge in [-0.15, -0.1) is 0 Å². The summed E-state index contributed by atoms with van der Waals surface area (Å²) < 4.78 is 5.89. The minimum atomic E-state index is 0.436. The molecule has 1 saturated carbocycles. The van der Waals surface area contributed by atoms with E-state index in [0.29, 0.717) is 18.0 Å². The summed E-state index contributed by atoms with van der Waals surface area (Å²) in [7, 11) is 0. The first-order valence-electron chi connectivity index (χ1n) is 6.89. The van der Waals surface area contributed by atoms with Crippen molar-refractivity contribution in [1.29, 1.82) is 0 Å². The van der Waals surface area contributed by atoms with E-state index in [4.69, 9.17) is 10.5 Å². The summed E-state index contributed by atoms with van der Waals surface area (Å²) >= 11 is 0. The number of ether oxygens (including phenoxy) is 1. The summed E-state index contributed by atoms with van der Waals surface area (Å²) in [5, 5.41) is 0. The molecule has 18 heavy (non-hydrogen) atoms. The Kier molecular flexibility index (Phi) is 3.48. The molecule has 0 amide bonds. The van der Waals surface area contributed by atoms with Gasteiger partial charge in [-0.05, 0) is 18.9 Å². The van der Waals surface area contributed by atoms with Gasteiger partial charge < -0.3 is 10.5 Å². The molecule has 1 aromatic heterocycles. The number of nitrogens with zero attached hydrogens (tertiary/aromatic N) is 2. The number of hydrogen-bond acceptors (Lipinski definition) is 4. The van der Waals surface area contributed by atoms with Gasteiger partial charge in [0.25, 0.3) is 0 Å². The number of anilines is 1. The van der Waals surface area contributed by atoms with E-state index >= 15 is 0 Å². The van der Waals surface area contributed by atoms with Crippen LogP contribution < -0.4 is 5.73 Å². The summed E-state index contributed by atoms with van der Waals surface area (Å²) in [4.78, 5) is 6.70. The first-order chi connectivity index (χ1) is 8.84. The van der Waals surface area contributed by atoms with Crippen molar-refractivity contribution in [2.45, 2.75) is 44.4 Å². The highest BCUT2D eigenvalue weighted by atomic mass is 16.5. The molecule has 1 aliphatic heterocycles. The largest absolute Gasteiger partial charge is 0.383 e. The molecule has 1 saturated heterocycles. The van der Waals surface area contributed by atoms with Crippen LogP contribution in [0.5, 0.6) is 0 Å². The van der Waals surface area contributed by atoms with Gasteiger partial charge in [0.05, 0.1) is 12.7 Å². The van der Waals surface area contributed by atoms with Crippen LogP contribution in [0.15, 0.2) is 18.3 Å². The molecule has 4 nitrogen and oxygen atoms in total. The van der Waals surface area contributed by atoms with Gasteiger partial charge in [-0.2, -0.15) is 0 Å². The van der Waals surface area contributed by atoms with E-state index in [-0.39, 0.29) is 0 Å². The van der Waals surface area contributed by atoms with Gasteiger partial charge in [-0.1, -0.05) is 18.9 Å². The Morgan fingerprint density at radius 3 is 3.17 bits per heavy atom. The Hall–Kier alpha value is -1.13. The molecule has 4 heteroatoms. The van der Waals surface area contributed by atoms with Crippen molar-refractivity contribution < 1.29 is 4.74 Å². The molecule has 0 aromatic carbocycles. The van der Waals surface area contributed by atoms with Crippen molar-refractivity contribution in [3.8, 4) is 0 Å². The Balaban J connectivity index is 1.73. The smallest absolute Gasteiger partial charge is 0.127 e. The second kappa shape index (κ2) is 5.24. The number of morpholine rings is 1. The molecular formula is C14H21N3O. The third kappa shape index (κ3) is 2.35. The van der Waals surface area contributed by atoms with Gasteiger partial charge in [-0.25, -0.2) is 4.98 Å². The molecule has 0 bridgehead atoms. The molecule has 1 aromatic rings. The molecule has 2 heterocycles.